The fourth-order valence-corrected chi connectivity index (χ4v) is 4.32. The summed E-state index contributed by atoms with van der Waals surface area (Å²) in [5.74, 6) is 1.34. The van der Waals surface area contributed by atoms with Gasteiger partial charge in [0, 0.05) is 5.56 Å². The van der Waals surface area contributed by atoms with Gasteiger partial charge in [0.1, 0.15) is 18.0 Å². The van der Waals surface area contributed by atoms with Gasteiger partial charge in [-0.3, -0.25) is 9.69 Å². The summed E-state index contributed by atoms with van der Waals surface area (Å²) in [6, 6.07) is 21.1. The lowest BCUT2D eigenvalue weighted by Gasteiger charge is -2.28. The third-order valence-electron chi connectivity index (χ3n) is 6.19. The number of hydrogen-bond acceptors (Lipinski definition) is 7. The number of amides is 3. The zero-order valence-corrected chi connectivity index (χ0v) is 20.0. The summed E-state index contributed by atoms with van der Waals surface area (Å²) >= 11 is 0. The zero-order chi connectivity index (χ0) is 25.3. The number of carbonyl (C=O) groups excluding carboxylic acids is 2. The van der Waals surface area contributed by atoms with Crippen molar-refractivity contribution in [3.8, 4) is 22.9 Å². The van der Waals surface area contributed by atoms with Crippen LogP contribution in [0, 0.1) is 6.92 Å². The molecule has 1 saturated heterocycles. The van der Waals surface area contributed by atoms with Crippen molar-refractivity contribution in [1.82, 2.24) is 20.4 Å². The van der Waals surface area contributed by atoms with Crippen molar-refractivity contribution < 1.29 is 23.6 Å². The minimum absolute atomic E-state index is 0.148. The molecular formula is C27H24N4O5. The number of rotatable bonds is 7. The highest BCUT2D eigenvalue weighted by Gasteiger charge is 2.54. The quantitative estimate of drug-likeness (QED) is 0.394. The van der Waals surface area contributed by atoms with Crippen LogP contribution in [0.4, 0.5) is 4.79 Å². The molecule has 1 aliphatic rings. The Morgan fingerprint density at radius 3 is 2.08 bits per heavy atom. The molecule has 0 radical (unpaired) electrons. The maximum absolute atomic E-state index is 14.0. The Labute approximate surface area is 207 Å². The van der Waals surface area contributed by atoms with Gasteiger partial charge in [0.05, 0.1) is 14.2 Å². The number of benzene rings is 3. The minimum atomic E-state index is -1.45. The second-order valence-electron chi connectivity index (χ2n) is 8.41. The van der Waals surface area contributed by atoms with Gasteiger partial charge in [-0.1, -0.05) is 53.2 Å². The molecule has 1 aromatic heterocycles. The van der Waals surface area contributed by atoms with Crippen LogP contribution in [0.25, 0.3) is 11.4 Å². The number of aromatic nitrogens is 2. The number of urea groups is 1. The average molecular weight is 485 g/mol. The molecule has 182 valence electrons. The lowest BCUT2D eigenvalue weighted by molar-refractivity contribution is -0.130. The van der Waals surface area contributed by atoms with Gasteiger partial charge in [-0.05, 0) is 48.4 Å². The molecule has 0 unspecified atom stereocenters. The molecule has 0 aliphatic carbocycles. The molecular weight excluding hydrogens is 460 g/mol. The highest BCUT2D eigenvalue weighted by atomic mass is 16.5. The molecule has 1 aliphatic heterocycles. The number of imide groups is 1. The summed E-state index contributed by atoms with van der Waals surface area (Å²) in [4.78, 5) is 32.6. The lowest BCUT2D eigenvalue weighted by Crippen LogP contribution is -2.45. The SMILES string of the molecule is COc1ccc(C2(c3ccc(OC)cc3)NC(=O)N(Cc3nc(-c4cccc(C)c4)no3)C2=O)cc1. The van der Waals surface area contributed by atoms with E-state index < -0.39 is 17.5 Å². The van der Waals surface area contributed by atoms with Crippen molar-refractivity contribution in [2.75, 3.05) is 14.2 Å². The van der Waals surface area contributed by atoms with Gasteiger partial charge in [0.2, 0.25) is 11.7 Å². The van der Waals surface area contributed by atoms with Crippen molar-refractivity contribution in [2.45, 2.75) is 19.0 Å². The first-order valence-electron chi connectivity index (χ1n) is 11.3. The fraction of sp³-hybridized carbons (Fsp3) is 0.185. The van der Waals surface area contributed by atoms with Crippen LogP contribution < -0.4 is 14.8 Å². The predicted octanol–water partition coefficient (Wildman–Crippen LogP) is 4.06. The minimum Gasteiger partial charge on any atom is -0.497 e. The topological polar surface area (TPSA) is 107 Å². The van der Waals surface area contributed by atoms with Crippen molar-refractivity contribution in [3.05, 3.63) is 95.4 Å². The van der Waals surface area contributed by atoms with E-state index in [1.54, 1.807) is 62.8 Å². The number of carbonyl (C=O) groups is 2. The summed E-state index contributed by atoms with van der Waals surface area (Å²) in [6.45, 7) is 1.80. The number of nitrogens with zero attached hydrogens (tertiary/aromatic N) is 3. The number of aryl methyl sites for hydroxylation is 1. The van der Waals surface area contributed by atoms with Crippen molar-refractivity contribution in [3.63, 3.8) is 0 Å². The Kier molecular flexibility index (Phi) is 5.89. The summed E-state index contributed by atoms with van der Waals surface area (Å²) in [7, 11) is 3.13. The van der Waals surface area contributed by atoms with Crippen LogP contribution in [-0.4, -0.2) is 41.2 Å². The maximum atomic E-state index is 14.0. The van der Waals surface area contributed by atoms with E-state index >= 15 is 0 Å². The van der Waals surface area contributed by atoms with E-state index in [9.17, 15) is 9.59 Å². The Morgan fingerprint density at radius 1 is 0.917 bits per heavy atom. The summed E-state index contributed by atoms with van der Waals surface area (Å²) in [5, 5.41) is 6.93. The molecule has 1 N–H and O–H groups in total. The maximum Gasteiger partial charge on any atom is 0.326 e. The second-order valence-corrected chi connectivity index (χ2v) is 8.41. The number of nitrogens with one attached hydrogen (secondary N) is 1. The Bertz CT molecular complexity index is 1370. The molecule has 4 aromatic rings. The molecule has 9 nitrogen and oxygen atoms in total. The molecule has 3 amide bonds. The van der Waals surface area contributed by atoms with Crippen molar-refractivity contribution in [1.29, 1.82) is 0 Å². The first-order chi connectivity index (χ1) is 17.4. The van der Waals surface area contributed by atoms with Gasteiger partial charge in [0.25, 0.3) is 5.91 Å². The Balaban J connectivity index is 1.51. The average Bonchev–Trinajstić information content (AvgIpc) is 3.48. The molecule has 0 spiro atoms. The predicted molar refractivity (Wildman–Crippen MR) is 130 cm³/mol. The van der Waals surface area contributed by atoms with Crippen LogP contribution in [0.15, 0.2) is 77.3 Å². The fourth-order valence-electron chi connectivity index (χ4n) is 4.32. The van der Waals surface area contributed by atoms with E-state index in [1.165, 1.54) is 0 Å². The van der Waals surface area contributed by atoms with Crippen LogP contribution in [0.5, 0.6) is 11.5 Å². The van der Waals surface area contributed by atoms with Gasteiger partial charge in [0.15, 0.2) is 5.54 Å². The highest BCUT2D eigenvalue weighted by molar-refractivity contribution is 6.09. The monoisotopic (exact) mass is 484 g/mol. The van der Waals surface area contributed by atoms with Gasteiger partial charge in [-0.15, -0.1) is 0 Å². The highest BCUT2D eigenvalue weighted by Crippen LogP contribution is 2.38. The molecule has 3 aromatic carbocycles. The molecule has 1 fully saturated rings. The standard InChI is InChI=1S/C27H24N4O5/c1-17-5-4-6-18(15-17)24-28-23(36-30-24)16-31-25(32)27(29-26(31)33,19-7-11-21(34-2)12-8-19)20-9-13-22(35-3)14-10-20/h4-15H,16H2,1-3H3,(H,29,33). The zero-order valence-electron chi connectivity index (χ0n) is 20.0. The van der Waals surface area contributed by atoms with E-state index in [2.05, 4.69) is 15.5 Å². The van der Waals surface area contributed by atoms with E-state index in [0.717, 1.165) is 16.0 Å². The first-order valence-corrected chi connectivity index (χ1v) is 11.3. The molecule has 0 atom stereocenters. The van der Waals surface area contributed by atoms with E-state index in [1.807, 2.05) is 31.2 Å². The van der Waals surface area contributed by atoms with Crippen LogP contribution in [-0.2, 0) is 16.9 Å². The lowest BCUT2D eigenvalue weighted by atomic mass is 9.82. The first kappa shape index (κ1) is 23.1. The summed E-state index contributed by atoms with van der Waals surface area (Å²) in [6.07, 6.45) is 0. The molecule has 9 heteroatoms. The van der Waals surface area contributed by atoms with Crippen molar-refractivity contribution >= 4 is 11.9 Å². The van der Waals surface area contributed by atoms with Gasteiger partial charge >= 0.3 is 6.03 Å². The van der Waals surface area contributed by atoms with E-state index in [4.69, 9.17) is 14.0 Å². The number of hydrogen-bond donors (Lipinski definition) is 1. The summed E-state index contributed by atoms with van der Waals surface area (Å²) < 4.78 is 15.9. The molecule has 0 saturated carbocycles. The van der Waals surface area contributed by atoms with Crippen molar-refractivity contribution in [2.24, 2.45) is 0 Å². The molecule has 5 rings (SSSR count). The molecule has 36 heavy (non-hydrogen) atoms. The largest absolute Gasteiger partial charge is 0.497 e. The van der Waals surface area contributed by atoms with E-state index in [-0.39, 0.29) is 12.4 Å². The summed E-state index contributed by atoms with van der Waals surface area (Å²) in [5.41, 5.74) is 1.56. The Morgan fingerprint density at radius 2 is 1.53 bits per heavy atom. The Hall–Kier alpha value is -4.66. The van der Waals surface area contributed by atoms with Crippen LogP contribution in [0.1, 0.15) is 22.6 Å². The van der Waals surface area contributed by atoms with Crippen LogP contribution in [0.3, 0.4) is 0 Å². The van der Waals surface area contributed by atoms with Gasteiger partial charge in [-0.2, -0.15) is 4.98 Å². The molecule has 2 heterocycles. The number of ether oxygens (including phenoxy) is 2. The van der Waals surface area contributed by atoms with Crippen LogP contribution in [0.2, 0.25) is 0 Å². The smallest absolute Gasteiger partial charge is 0.326 e. The third kappa shape index (κ3) is 3.94. The van der Waals surface area contributed by atoms with E-state index in [0.29, 0.717) is 28.5 Å². The molecule has 0 bridgehead atoms. The van der Waals surface area contributed by atoms with Gasteiger partial charge < -0.3 is 19.3 Å². The second kappa shape index (κ2) is 9.18. The normalized spacial score (nSPS) is 14.6. The van der Waals surface area contributed by atoms with Gasteiger partial charge in [-0.25, -0.2) is 4.79 Å². The third-order valence-corrected chi connectivity index (χ3v) is 6.19. The van der Waals surface area contributed by atoms with Crippen LogP contribution >= 0.6 is 0 Å². The number of methoxy groups -OCH3 is 2.